The summed E-state index contributed by atoms with van der Waals surface area (Å²) in [6.07, 6.45) is 0.717. The number of amides is 1. The monoisotopic (exact) mass is 606 g/mol. The molecule has 10 nitrogen and oxygen atoms in total. The van der Waals surface area contributed by atoms with Gasteiger partial charge in [0.25, 0.3) is 5.69 Å². The van der Waals surface area contributed by atoms with Crippen molar-refractivity contribution in [3.63, 3.8) is 0 Å². The van der Waals surface area contributed by atoms with Gasteiger partial charge in [-0.3, -0.25) is 10.1 Å². The number of hydrogen-bond acceptors (Lipinski definition) is 8. The highest BCUT2D eigenvalue weighted by molar-refractivity contribution is 5.68. The summed E-state index contributed by atoms with van der Waals surface area (Å²) in [4.78, 5) is 25.3. The van der Waals surface area contributed by atoms with Crippen LogP contribution in [-0.2, 0) is 27.4 Å². The van der Waals surface area contributed by atoms with Crippen molar-refractivity contribution in [1.82, 2.24) is 4.90 Å². The highest BCUT2D eigenvalue weighted by atomic mass is 16.6. The van der Waals surface area contributed by atoms with Crippen molar-refractivity contribution in [2.45, 2.75) is 64.4 Å². The molecule has 2 unspecified atom stereocenters. The fourth-order valence-corrected chi connectivity index (χ4v) is 5.09. The molecule has 3 aromatic carbocycles. The Morgan fingerprint density at radius 3 is 2.50 bits per heavy atom. The molecule has 0 spiro atoms. The number of piperidine rings is 1. The van der Waals surface area contributed by atoms with E-state index in [4.69, 9.17) is 23.7 Å². The number of para-hydroxylation sites is 1. The number of nitro benzene ring substituents is 1. The van der Waals surface area contributed by atoms with Crippen LogP contribution >= 0.6 is 0 Å². The van der Waals surface area contributed by atoms with Crippen LogP contribution in [-0.4, -0.2) is 61.0 Å². The fraction of sp³-hybridized carbons (Fsp3) is 0.441. The van der Waals surface area contributed by atoms with E-state index >= 15 is 0 Å². The van der Waals surface area contributed by atoms with Crippen molar-refractivity contribution in [2.75, 3.05) is 33.4 Å². The molecule has 0 radical (unpaired) electrons. The minimum atomic E-state index is -0.606. The minimum Gasteiger partial charge on any atom is -0.496 e. The van der Waals surface area contributed by atoms with Crippen LogP contribution in [0.2, 0.25) is 0 Å². The first-order valence-corrected chi connectivity index (χ1v) is 14.9. The summed E-state index contributed by atoms with van der Waals surface area (Å²) in [5, 5.41) is 11.2. The normalized spacial score (nSPS) is 16.8. The van der Waals surface area contributed by atoms with Crippen LogP contribution in [0.3, 0.4) is 0 Å². The van der Waals surface area contributed by atoms with E-state index in [0.717, 1.165) is 29.0 Å². The number of likely N-dealkylation sites (tertiary alicyclic amines) is 1. The predicted octanol–water partition coefficient (Wildman–Crippen LogP) is 6.90. The molecule has 4 rings (SSSR count). The van der Waals surface area contributed by atoms with Gasteiger partial charge in [0.2, 0.25) is 0 Å². The van der Waals surface area contributed by atoms with Gasteiger partial charge in [0.05, 0.1) is 51.1 Å². The summed E-state index contributed by atoms with van der Waals surface area (Å²) < 4.78 is 29.0. The SMILES string of the molecule is COc1ccccc1COCCCOc1ccc(C2CCN(C(=O)OC(C)(C)C)CC2OCc2cccc([N+](=O)[O-])c2)cc1. The van der Waals surface area contributed by atoms with Gasteiger partial charge >= 0.3 is 6.09 Å². The second-order valence-corrected chi connectivity index (χ2v) is 11.7. The van der Waals surface area contributed by atoms with Crippen LogP contribution in [0, 0.1) is 10.1 Å². The molecule has 1 heterocycles. The highest BCUT2D eigenvalue weighted by Crippen LogP contribution is 2.33. The van der Waals surface area contributed by atoms with E-state index in [0.29, 0.717) is 44.9 Å². The maximum atomic E-state index is 12.9. The van der Waals surface area contributed by atoms with E-state index in [1.54, 1.807) is 24.1 Å². The van der Waals surface area contributed by atoms with Crippen LogP contribution in [0.5, 0.6) is 11.5 Å². The molecule has 0 aliphatic carbocycles. The Labute approximate surface area is 259 Å². The Kier molecular flexibility index (Phi) is 11.6. The van der Waals surface area contributed by atoms with Gasteiger partial charge in [-0.25, -0.2) is 4.79 Å². The number of benzene rings is 3. The largest absolute Gasteiger partial charge is 0.496 e. The first kappa shape index (κ1) is 32.8. The average molecular weight is 607 g/mol. The number of carbonyl (C=O) groups is 1. The minimum absolute atomic E-state index is 0.0141. The molecule has 2 atom stereocenters. The number of ether oxygens (including phenoxy) is 5. The Bertz CT molecular complexity index is 1370. The van der Waals surface area contributed by atoms with E-state index in [9.17, 15) is 14.9 Å². The van der Waals surface area contributed by atoms with Gasteiger partial charge < -0.3 is 28.6 Å². The third kappa shape index (κ3) is 9.68. The topological polar surface area (TPSA) is 110 Å². The molecular weight excluding hydrogens is 564 g/mol. The molecule has 3 aromatic rings. The van der Waals surface area contributed by atoms with Crippen LogP contribution in [0.4, 0.5) is 10.5 Å². The van der Waals surface area contributed by atoms with Gasteiger partial charge in [0.15, 0.2) is 0 Å². The molecule has 10 heteroatoms. The molecular formula is C34H42N2O8. The smallest absolute Gasteiger partial charge is 0.410 e. The quantitative estimate of drug-likeness (QED) is 0.117. The molecule has 236 valence electrons. The zero-order chi connectivity index (χ0) is 31.5. The van der Waals surface area contributed by atoms with Crippen LogP contribution < -0.4 is 9.47 Å². The summed E-state index contributed by atoms with van der Waals surface area (Å²) in [7, 11) is 1.65. The van der Waals surface area contributed by atoms with Crippen LogP contribution in [0.1, 0.15) is 56.2 Å². The van der Waals surface area contributed by atoms with Gasteiger partial charge in [-0.2, -0.15) is 0 Å². The molecule has 0 bridgehead atoms. The third-order valence-corrected chi connectivity index (χ3v) is 7.26. The third-order valence-electron chi connectivity index (χ3n) is 7.26. The van der Waals surface area contributed by atoms with Gasteiger partial charge in [0, 0.05) is 36.6 Å². The van der Waals surface area contributed by atoms with E-state index in [2.05, 4.69) is 0 Å². The van der Waals surface area contributed by atoms with Crippen molar-refractivity contribution in [3.8, 4) is 11.5 Å². The van der Waals surface area contributed by atoms with Crippen molar-refractivity contribution in [3.05, 3.63) is 99.6 Å². The lowest BCUT2D eigenvalue weighted by Gasteiger charge is -2.39. The van der Waals surface area contributed by atoms with E-state index < -0.39 is 10.5 Å². The average Bonchev–Trinajstić information content (AvgIpc) is 3.01. The van der Waals surface area contributed by atoms with Crippen molar-refractivity contribution >= 4 is 11.8 Å². The Morgan fingerprint density at radius 2 is 1.77 bits per heavy atom. The summed E-state index contributed by atoms with van der Waals surface area (Å²) in [5.74, 6) is 1.60. The number of methoxy groups -OCH3 is 1. The van der Waals surface area contributed by atoms with E-state index in [1.165, 1.54) is 12.1 Å². The number of carbonyl (C=O) groups excluding carboxylic acids is 1. The molecule has 1 saturated heterocycles. The maximum Gasteiger partial charge on any atom is 0.410 e. The lowest BCUT2D eigenvalue weighted by molar-refractivity contribution is -0.385. The lowest BCUT2D eigenvalue weighted by atomic mass is 9.87. The van der Waals surface area contributed by atoms with Crippen LogP contribution in [0.15, 0.2) is 72.8 Å². The molecule has 1 aliphatic rings. The second-order valence-electron chi connectivity index (χ2n) is 11.7. The molecule has 1 fully saturated rings. The first-order chi connectivity index (χ1) is 21.1. The summed E-state index contributed by atoms with van der Waals surface area (Å²) in [5.41, 5.74) is 2.19. The zero-order valence-corrected chi connectivity index (χ0v) is 25.9. The predicted molar refractivity (Wildman–Crippen MR) is 166 cm³/mol. The molecule has 1 aliphatic heterocycles. The zero-order valence-electron chi connectivity index (χ0n) is 25.9. The summed E-state index contributed by atoms with van der Waals surface area (Å²) >= 11 is 0. The molecule has 0 N–H and O–H groups in total. The van der Waals surface area contributed by atoms with Gasteiger partial charge in [-0.15, -0.1) is 0 Å². The number of nitrogens with zero attached hydrogens (tertiary/aromatic N) is 2. The highest BCUT2D eigenvalue weighted by Gasteiger charge is 2.35. The molecule has 44 heavy (non-hydrogen) atoms. The second kappa shape index (κ2) is 15.5. The summed E-state index contributed by atoms with van der Waals surface area (Å²) in [6.45, 7) is 8.16. The fourth-order valence-electron chi connectivity index (χ4n) is 5.09. The van der Waals surface area contributed by atoms with Gasteiger partial charge in [-0.05, 0) is 56.5 Å². The standard InChI is InChI=1S/C34H42N2O8/c1-34(2,3)44-33(37)35-18-17-30(32(22-35)43-23-25-9-7-11-28(21-25)36(38)39)26-13-15-29(16-14-26)42-20-8-19-41-24-27-10-5-6-12-31(27)40-4/h5-7,9-16,21,30,32H,8,17-20,22-24H2,1-4H3. The summed E-state index contributed by atoms with van der Waals surface area (Å²) in [6, 6.07) is 22.2. The number of hydrogen-bond donors (Lipinski definition) is 0. The lowest BCUT2D eigenvalue weighted by Crippen LogP contribution is -2.48. The molecule has 1 amide bonds. The van der Waals surface area contributed by atoms with E-state index in [1.807, 2.05) is 69.3 Å². The number of nitro groups is 1. The van der Waals surface area contributed by atoms with Crippen molar-refractivity contribution < 1.29 is 33.4 Å². The van der Waals surface area contributed by atoms with Crippen molar-refractivity contribution in [2.24, 2.45) is 0 Å². The van der Waals surface area contributed by atoms with E-state index in [-0.39, 0.29) is 30.4 Å². The maximum absolute atomic E-state index is 12.9. The number of rotatable bonds is 13. The van der Waals surface area contributed by atoms with Gasteiger partial charge in [-0.1, -0.05) is 42.5 Å². The first-order valence-electron chi connectivity index (χ1n) is 14.9. The molecule has 0 aromatic heterocycles. The Morgan fingerprint density at radius 1 is 1.00 bits per heavy atom. The molecule has 0 saturated carbocycles. The number of non-ortho nitro benzene ring substituents is 1. The Hall–Kier alpha value is -4.15. The van der Waals surface area contributed by atoms with Crippen molar-refractivity contribution in [1.29, 1.82) is 0 Å². The van der Waals surface area contributed by atoms with Crippen LogP contribution in [0.25, 0.3) is 0 Å². The van der Waals surface area contributed by atoms with Gasteiger partial charge in [0.1, 0.15) is 17.1 Å². The Balaban J connectivity index is 1.33.